The minimum Gasteiger partial charge on any atom is -0.373 e. The van der Waals surface area contributed by atoms with Crippen LogP contribution in [0.2, 0.25) is 0 Å². The maximum Gasteiger partial charge on any atom is 0.223 e. The number of anilines is 2. The number of nitrogens with zero attached hydrogens (tertiary/aromatic N) is 3. The Labute approximate surface area is 154 Å². The summed E-state index contributed by atoms with van der Waals surface area (Å²) in [5.74, 6) is 0.663. The molecule has 1 aromatic carbocycles. The van der Waals surface area contributed by atoms with Crippen LogP contribution in [0, 0.1) is 0 Å². The molecule has 1 unspecified atom stereocenters. The lowest BCUT2D eigenvalue weighted by Gasteiger charge is -2.14. The van der Waals surface area contributed by atoms with Crippen LogP contribution in [0.5, 0.6) is 0 Å². The number of rotatable bonds is 6. The van der Waals surface area contributed by atoms with Crippen molar-refractivity contribution in [1.82, 2.24) is 14.9 Å². The molecular formula is C20H27N5O. The van der Waals surface area contributed by atoms with Crippen LogP contribution in [0.25, 0.3) is 11.3 Å². The first kappa shape index (κ1) is 17.2. The Morgan fingerprint density at radius 1 is 1.19 bits per heavy atom. The Balaban J connectivity index is 1.40. The number of hydrogen-bond acceptors (Lipinski definition) is 6. The van der Waals surface area contributed by atoms with Crippen molar-refractivity contribution < 1.29 is 5.11 Å². The van der Waals surface area contributed by atoms with Gasteiger partial charge in [-0.3, -0.25) is 0 Å². The highest BCUT2D eigenvalue weighted by molar-refractivity contribution is 5.79. The van der Waals surface area contributed by atoms with Crippen molar-refractivity contribution >= 4 is 11.6 Å². The predicted octanol–water partition coefficient (Wildman–Crippen LogP) is 2.72. The molecule has 3 heterocycles. The van der Waals surface area contributed by atoms with E-state index in [1.807, 2.05) is 30.5 Å². The Hall–Kier alpha value is -2.18. The number of likely N-dealkylation sites (tertiary alicyclic amines) is 1. The Morgan fingerprint density at radius 2 is 2.04 bits per heavy atom. The number of nitrogens with one attached hydrogen (secondary N) is 2. The summed E-state index contributed by atoms with van der Waals surface area (Å²) in [5.41, 5.74) is 3.79. The van der Waals surface area contributed by atoms with Crippen molar-refractivity contribution in [2.75, 3.05) is 36.8 Å². The predicted molar refractivity (Wildman–Crippen MR) is 104 cm³/mol. The zero-order valence-electron chi connectivity index (χ0n) is 15.1. The molecular weight excluding hydrogens is 326 g/mol. The van der Waals surface area contributed by atoms with Crippen molar-refractivity contribution in [2.24, 2.45) is 0 Å². The third-order valence-electron chi connectivity index (χ3n) is 5.17. The summed E-state index contributed by atoms with van der Waals surface area (Å²) >= 11 is 0. The standard InChI is InChI=1S/C20H27N5O/c26-18-13-15-14-22-20(21-9-3-4-10-25-11-5-6-12-25)24-19(15)16-7-1-2-8-17(16)23-18/h1-2,7-8,14,18,23,26H,3-6,9-13H2,(H,21,22,24). The number of fused-ring (bicyclic) bond motifs is 3. The van der Waals surface area contributed by atoms with Gasteiger partial charge < -0.3 is 20.6 Å². The van der Waals surface area contributed by atoms with E-state index in [0.717, 1.165) is 35.5 Å². The van der Waals surface area contributed by atoms with E-state index in [1.54, 1.807) is 0 Å². The number of para-hydroxylation sites is 1. The van der Waals surface area contributed by atoms with Gasteiger partial charge in [0.05, 0.1) is 5.69 Å². The Kier molecular flexibility index (Phi) is 5.32. The van der Waals surface area contributed by atoms with Crippen LogP contribution >= 0.6 is 0 Å². The number of aliphatic hydroxyl groups is 1. The first-order valence-corrected chi connectivity index (χ1v) is 9.66. The molecule has 0 spiro atoms. The lowest BCUT2D eigenvalue weighted by molar-refractivity contribution is 0.205. The number of aliphatic hydroxyl groups excluding tert-OH is 1. The summed E-state index contributed by atoms with van der Waals surface area (Å²) < 4.78 is 0. The van der Waals surface area contributed by atoms with Gasteiger partial charge in [0.2, 0.25) is 5.95 Å². The quantitative estimate of drug-likeness (QED) is 0.694. The van der Waals surface area contributed by atoms with Gasteiger partial charge in [-0.25, -0.2) is 9.97 Å². The fraction of sp³-hybridized carbons (Fsp3) is 0.500. The first-order valence-electron chi connectivity index (χ1n) is 9.66. The van der Waals surface area contributed by atoms with Gasteiger partial charge in [0.25, 0.3) is 0 Å². The van der Waals surface area contributed by atoms with Gasteiger partial charge in [-0.05, 0) is 51.4 Å². The van der Waals surface area contributed by atoms with E-state index in [2.05, 4.69) is 20.5 Å². The Bertz CT molecular complexity index is 745. The third-order valence-corrected chi connectivity index (χ3v) is 5.17. The van der Waals surface area contributed by atoms with Crippen molar-refractivity contribution in [3.63, 3.8) is 0 Å². The molecule has 3 N–H and O–H groups in total. The van der Waals surface area contributed by atoms with E-state index in [1.165, 1.54) is 38.9 Å². The fourth-order valence-corrected chi connectivity index (χ4v) is 3.80. The smallest absolute Gasteiger partial charge is 0.223 e. The molecule has 2 aliphatic rings. The van der Waals surface area contributed by atoms with Crippen molar-refractivity contribution in [1.29, 1.82) is 0 Å². The molecule has 6 heteroatoms. The molecule has 0 saturated carbocycles. The van der Waals surface area contributed by atoms with Crippen molar-refractivity contribution in [3.8, 4) is 11.3 Å². The molecule has 0 amide bonds. The molecule has 1 atom stereocenters. The topological polar surface area (TPSA) is 73.3 Å². The van der Waals surface area contributed by atoms with Crippen molar-refractivity contribution in [3.05, 3.63) is 36.0 Å². The average molecular weight is 353 g/mol. The molecule has 0 aliphatic carbocycles. The van der Waals surface area contributed by atoms with Gasteiger partial charge in [-0.1, -0.05) is 18.2 Å². The SMILES string of the molecule is OC1Cc2cnc(NCCCCN3CCCC3)nc2-c2ccccc2N1. The maximum absolute atomic E-state index is 10.2. The van der Waals surface area contributed by atoms with Crippen molar-refractivity contribution in [2.45, 2.75) is 38.3 Å². The van der Waals surface area contributed by atoms with E-state index in [4.69, 9.17) is 4.98 Å². The molecule has 4 rings (SSSR count). The van der Waals surface area contributed by atoms with Gasteiger partial charge in [0, 0.05) is 36.0 Å². The van der Waals surface area contributed by atoms with Crippen LogP contribution in [-0.4, -0.2) is 52.4 Å². The minimum atomic E-state index is -0.620. The van der Waals surface area contributed by atoms with Gasteiger partial charge in [-0.2, -0.15) is 0 Å². The molecule has 0 bridgehead atoms. The average Bonchev–Trinajstić information content (AvgIpc) is 3.11. The molecule has 1 fully saturated rings. The summed E-state index contributed by atoms with van der Waals surface area (Å²) in [6.07, 6.45) is 6.75. The monoisotopic (exact) mass is 353 g/mol. The molecule has 0 radical (unpaired) electrons. The van der Waals surface area contributed by atoms with Crippen LogP contribution < -0.4 is 10.6 Å². The summed E-state index contributed by atoms with van der Waals surface area (Å²) in [7, 11) is 0. The van der Waals surface area contributed by atoms with Crippen LogP contribution in [0.15, 0.2) is 30.5 Å². The highest BCUT2D eigenvalue weighted by Crippen LogP contribution is 2.33. The second kappa shape index (κ2) is 8.01. The molecule has 26 heavy (non-hydrogen) atoms. The van der Waals surface area contributed by atoms with Crippen LogP contribution in [0.3, 0.4) is 0 Å². The van der Waals surface area contributed by atoms with Crippen LogP contribution in [0.1, 0.15) is 31.2 Å². The Morgan fingerprint density at radius 3 is 2.92 bits per heavy atom. The molecule has 2 aliphatic heterocycles. The zero-order valence-corrected chi connectivity index (χ0v) is 15.1. The van der Waals surface area contributed by atoms with E-state index in [9.17, 15) is 5.11 Å². The molecule has 138 valence electrons. The van der Waals surface area contributed by atoms with Gasteiger partial charge in [0.1, 0.15) is 6.23 Å². The van der Waals surface area contributed by atoms with Gasteiger partial charge in [-0.15, -0.1) is 0 Å². The highest BCUT2D eigenvalue weighted by atomic mass is 16.3. The number of hydrogen-bond donors (Lipinski definition) is 3. The minimum absolute atomic E-state index is 0.500. The van der Waals surface area contributed by atoms with E-state index in [0.29, 0.717) is 12.4 Å². The maximum atomic E-state index is 10.2. The van der Waals surface area contributed by atoms with E-state index < -0.39 is 6.23 Å². The summed E-state index contributed by atoms with van der Waals surface area (Å²) in [6, 6.07) is 7.97. The molecule has 1 aromatic heterocycles. The second-order valence-electron chi connectivity index (χ2n) is 7.16. The lowest BCUT2D eigenvalue weighted by atomic mass is 10.1. The molecule has 2 aromatic rings. The lowest BCUT2D eigenvalue weighted by Crippen LogP contribution is -2.21. The van der Waals surface area contributed by atoms with Gasteiger partial charge >= 0.3 is 0 Å². The zero-order chi connectivity index (χ0) is 17.8. The highest BCUT2D eigenvalue weighted by Gasteiger charge is 2.20. The number of benzene rings is 1. The molecule has 1 saturated heterocycles. The van der Waals surface area contributed by atoms with Gasteiger partial charge in [0.15, 0.2) is 0 Å². The third kappa shape index (κ3) is 3.97. The van der Waals surface area contributed by atoms with E-state index >= 15 is 0 Å². The number of unbranched alkanes of at least 4 members (excludes halogenated alkanes) is 1. The van der Waals surface area contributed by atoms with E-state index in [-0.39, 0.29) is 0 Å². The largest absolute Gasteiger partial charge is 0.373 e. The normalized spacial score (nSPS) is 19.3. The second-order valence-corrected chi connectivity index (χ2v) is 7.16. The summed E-state index contributed by atoms with van der Waals surface area (Å²) in [4.78, 5) is 11.7. The van der Waals surface area contributed by atoms with Crippen LogP contribution in [0.4, 0.5) is 11.6 Å². The molecule has 6 nitrogen and oxygen atoms in total. The summed E-state index contributed by atoms with van der Waals surface area (Å²) in [5, 5.41) is 16.7. The first-order chi connectivity index (χ1) is 12.8. The van der Waals surface area contributed by atoms with Crippen LogP contribution in [-0.2, 0) is 6.42 Å². The number of aromatic nitrogens is 2. The fourth-order valence-electron chi connectivity index (χ4n) is 3.80. The summed E-state index contributed by atoms with van der Waals surface area (Å²) in [6.45, 7) is 4.61.